The van der Waals surface area contributed by atoms with Gasteiger partial charge < -0.3 is 19.5 Å². The Hall–Kier alpha value is -3.06. The third-order valence-electron chi connectivity index (χ3n) is 4.81. The van der Waals surface area contributed by atoms with E-state index in [9.17, 15) is 9.59 Å². The first-order chi connectivity index (χ1) is 14.0. The number of hydrogen-bond acceptors (Lipinski definition) is 6. The summed E-state index contributed by atoms with van der Waals surface area (Å²) in [5.74, 6) is 0.526. The van der Waals surface area contributed by atoms with E-state index in [-0.39, 0.29) is 18.6 Å². The van der Waals surface area contributed by atoms with E-state index in [1.54, 1.807) is 0 Å². The maximum Gasteiger partial charge on any atom is 0.349 e. The minimum absolute atomic E-state index is 0.261. The number of hydrogen-bond donors (Lipinski definition) is 1. The largest absolute Gasteiger partial charge is 0.486 e. The van der Waals surface area contributed by atoms with E-state index in [4.69, 9.17) is 14.2 Å². The van der Waals surface area contributed by atoms with Crippen LogP contribution in [-0.2, 0) is 9.53 Å². The summed E-state index contributed by atoms with van der Waals surface area (Å²) in [6, 6.07) is 13.1. The van der Waals surface area contributed by atoms with Gasteiger partial charge in [0.1, 0.15) is 18.1 Å². The van der Waals surface area contributed by atoms with Gasteiger partial charge in [0, 0.05) is 4.70 Å². The van der Waals surface area contributed by atoms with Crippen LogP contribution in [0.3, 0.4) is 0 Å². The highest BCUT2D eigenvalue weighted by Gasteiger charge is 2.19. The molecule has 1 aromatic heterocycles. The molecule has 4 rings (SSSR count). The number of nitrogens with one attached hydrogen (secondary N) is 1. The summed E-state index contributed by atoms with van der Waals surface area (Å²) in [5, 5.41) is 3.87. The third-order valence-corrected chi connectivity index (χ3v) is 6.06. The Labute approximate surface area is 172 Å². The average molecular weight is 411 g/mol. The first kappa shape index (κ1) is 19.3. The molecule has 0 bridgehead atoms. The maximum atomic E-state index is 12.4. The summed E-state index contributed by atoms with van der Waals surface area (Å²) in [6.45, 7) is 4.45. The number of aryl methyl sites for hydroxylation is 1. The smallest absolute Gasteiger partial charge is 0.349 e. The van der Waals surface area contributed by atoms with Crippen LogP contribution in [0.5, 0.6) is 11.5 Å². The number of amides is 1. The van der Waals surface area contributed by atoms with Crippen molar-refractivity contribution in [1.82, 2.24) is 5.32 Å². The van der Waals surface area contributed by atoms with E-state index in [0.717, 1.165) is 21.2 Å². The lowest BCUT2D eigenvalue weighted by Crippen LogP contribution is -2.31. The number of benzene rings is 2. The molecule has 2 aromatic carbocycles. The van der Waals surface area contributed by atoms with E-state index >= 15 is 0 Å². The molecule has 7 heteroatoms. The van der Waals surface area contributed by atoms with E-state index in [0.29, 0.717) is 29.6 Å². The topological polar surface area (TPSA) is 73.9 Å². The summed E-state index contributed by atoms with van der Waals surface area (Å²) in [6.07, 6.45) is 0. The van der Waals surface area contributed by atoms with Gasteiger partial charge in [0.05, 0.1) is 6.04 Å². The predicted octanol–water partition coefficient (Wildman–Crippen LogP) is 4.02. The second-order valence-corrected chi connectivity index (χ2v) is 7.87. The Morgan fingerprint density at radius 1 is 1.14 bits per heavy atom. The number of ether oxygens (including phenoxy) is 3. The summed E-state index contributed by atoms with van der Waals surface area (Å²) in [5.41, 5.74) is 1.76. The molecule has 6 nitrogen and oxygen atoms in total. The Bertz CT molecular complexity index is 1070. The van der Waals surface area contributed by atoms with Crippen molar-refractivity contribution in [2.45, 2.75) is 19.9 Å². The minimum atomic E-state index is -0.481. The highest BCUT2D eigenvalue weighted by atomic mass is 32.1. The van der Waals surface area contributed by atoms with Gasteiger partial charge in [-0.1, -0.05) is 24.3 Å². The van der Waals surface area contributed by atoms with Crippen molar-refractivity contribution in [1.29, 1.82) is 0 Å². The Kier molecular flexibility index (Phi) is 5.40. The zero-order chi connectivity index (χ0) is 20.4. The lowest BCUT2D eigenvalue weighted by atomic mass is 10.1. The van der Waals surface area contributed by atoms with Crippen LogP contribution in [0.2, 0.25) is 0 Å². The monoisotopic (exact) mass is 411 g/mol. The summed E-state index contributed by atoms with van der Waals surface area (Å²) in [7, 11) is 0. The number of rotatable bonds is 5. The molecule has 1 atom stereocenters. The molecule has 1 amide bonds. The molecular weight excluding hydrogens is 390 g/mol. The molecule has 0 saturated carbocycles. The minimum Gasteiger partial charge on any atom is -0.486 e. The van der Waals surface area contributed by atoms with Gasteiger partial charge in [0.15, 0.2) is 18.1 Å². The van der Waals surface area contributed by atoms with Crippen LogP contribution >= 0.6 is 11.3 Å². The van der Waals surface area contributed by atoms with Crippen LogP contribution in [0, 0.1) is 6.92 Å². The first-order valence-corrected chi connectivity index (χ1v) is 10.2. The van der Waals surface area contributed by atoms with Crippen LogP contribution < -0.4 is 14.8 Å². The van der Waals surface area contributed by atoms with Gasteiger partial charge in [0.25, 0.3) is 5.91 Å². The normalized spacial score (nSPS) is 13.7. The lowest BCUT2D eigenvalue weighted by molar-refractivity contribution is -0.124. The number of thiophene rings is 1. The zero-order valence-electron chi connectivity index (χ0n) is 16.2. The average Bonchev–Trinajstić information content (AvgIpc) is 3.08. The molecular formula is C22H21NO5S. The predicted molar refractivity (Wildman–Crippen MR) is 111 cm³/mol. The van der Waals surface area contributed by atoms with E-state index in [1.165, 1.54) is 11.3 Å². The second-order valence-electron chi connectivity index (χ2n) is 6.82. The lowest BCUT2D eigenvalue weighted by Gasteiger charge is -2.21. The fourth-order valence-corrected chi connectivity index (χ4v) is 4.36. The molecule has 0 spiro atoms. The highest BCUT2D eigenvalue weighted by Crippen LogP contribution is 2.33. The zero-order valence-corrected chi connectivity index (χ0v) is 17.0. The summed E-state index contributed by atoms with van der Waals surface area (Å²) >= 11 is 1.38. The molecule has 0 unspecified atom stereocenters. The van der Waals surface area contributed by atoms with Crippen molar-refractivity contribution < 1.29 is 23.8 Å². The molecule has 1 N–H and O–H groups in total. The molecule has 1 aliphatic rings. The maximum absolute atomic E-state index is 12.4. The first-order valence-electron chi connectivity index (χ1n) is 9.37. The second kappa shape index (κ2) is 8.13. The fraction of sp³-hybridized carbons (Fsp3) is 0.273. The Morgan fingerprint density at radius 2 is 1.90 bits per heavy atom. The van der Waals surface area contributed by atoms with Gasteiger partial charge in [-0.25, -0.2) is 4.79 Å². The van der Waals surface area contributed by atoms with Crippen molar-refractivity contribution in [3.8, 4) is 11.5 Å². The van der Waals surface area contributed by atoms with Crippen molar-refractivity contribution >= 4 is 33.3 Å². The number of carbonyl (C=O) groups is 2. The van der Waals surface area contributed by atoms with Crippen LogP contribution in [0.15, 0.2) is 42.5 Å². The quantitative estimate of drug-likeness (QED) is 0.642. The molecule has 1 aliphatic heterocycles. The molecule has 0 saturated heterocycles. The molecule has 150 valence electrons. The van der Waals surface area contributed by atoms with E-state index < -0.39 is 5.97 Å². The fourth-order valence-electron chi connectivity index (χ4n) is 3.26. The summed E-state index contributed by atoms with van der Waals surface area (Å²) < 4.78 is 17.4. The van der Waals surface area contributed by atoms with Crippen LogP contribution in [0.25, 0.3) is 10.1 Å². The molecule has 2 heterocycles. The number of esters is 1. The molecule has 0 aliphatic carbocycles. The van der Waals surface area contributed by atoms with Gasteiger partial charge in [-0.2, -0.15) is 0 Å². The van der Waals surface area contributed by atoms with Gasteiger partial charge in [-0.3, -0.25) is 4.79 Å². The van der Waals surface area contributed by atoms with Crippen LogP contribution in [-0.4, -0.2) is 31.7 Å². The molecule has 3 aromatic rings. The van der Waals surface area contributed by atoms with Gasteiger partial charge in [0.2, 0.25) is 0 Å². The Morgan fingerprint density at radius 3 is 2.69 bits per heavy atom. The molecule has 0 fully saturated rings. The van der Waals surface area contributed by atoms with E-state index in [1.807, 2.05) is 56.3 Å². The van der Waals surface area contributed by atoms with Crippen molar-refractivity contribution in [2.24, 2.45) is 0 Å². The SMILES string of the molecule is Cc1c(C(=O)OCC(=O)N[C@@H](C)c2ccc3c(c2)OCCO3)sc2ccccc12. The standard InChI is InChI=1S/C22H21NO5S/c1-13-16-5-3-4-6-19(16)29-21(13)22(25)28-12-20(24)23-14(2)15-7-8-17-18(11-15)27-10-9-26-17/h3-8,11,14H,9-10,12H2,1-2H3,(H,23,24)/t14-/m0/s1. The van der Waals surface area contributed by atoms with Crippen LogP contribution in [0.4, 0.5) is 0 Å². The molecule has 29 heavy (non-hydrogen) atoms. The number of fused-ring (bicyclic) bond motifs is 2. The van der Waals surface area contributed by atoms with Crippen LogP contribution in [0.1, 0.15) is 33.8 Å². The van der Waals surface area contributed by atoms with Crippen molar-refractivity contribution in [2.75, 3.05) is 19.8 Å². The third kappa shape index (κ3) is 4.05. The Balaban J connectivity index is 1.35. The van der Waals surface area contributed by atoms with Crippen molar-refractivity contribution in [3.05, 3.63) is 58.5 Å². The molecule has 0 radical (unpaired) electrons. The van der Waals surface area contributed by atoms with Gasteiger partial charge >= 0.3 is 5.97 Å². The number of carbonyl (C=O) groups excluding carboxylic acids is 2. The highest BCUT2D eigenvalue weighted by molar-refractivity contribution is 7.21. The van der Waals surface area contributed by atoms with Gasteiger partial charge in [-0.05, 0) is 48.6 Å². The van der Waals surface area contributed by atoms with Crippen molar-refractivity contribution in [3.63, 3.8) is 0 Å². The van der Waals surface area contributed by atoms with Gasteiger partial charge in [-0.15, -0.1) is 11.3 Å². The van der Waals surface area contributed by atoms with E-state index in [2.05, 4.69) is 5.32 Å². The summed E-state index contributed by atoms with van der Waals surface area (Å²) in [4.78, 5) is 25.2.